The van der Waals surface area contributed by atoms with Crippen LogP contribution in [-0.2, 0) is 19.1 Å². The number of nitrogens with zero attached hydrogens (tertiary/aromatic N) is 1. The molecule has 1 atom stereocenters. The highest BCUT2D eigenvalue weighted by molar-refractivity contribution is 5.84. The van der Waals surface area contributed by atoms with Crippen LogP contribution in [-0.4, -0.2) is 49.7 Å². The molecule has 0 aliphatic carbocycles. The van der Waals surface area contributed by atoms with E-state index in [-0.39, 0.29) is 11.4 Å². The number of carbonyl (C=O) groups is 3. The molecule has 0 aromatic carbocycles. The summed E-state index contributed by atoms with van der Waals surface area (Å²) in [5.74, 6) is 0.975. The van der Waals surface area contributed by atoms with Gasteiger partial charge in [-0.05, 0) is 85.4 Å². The summed E-state index contributed by atoms with van der Waals surface area (Å²) in [4.78, 5) is 41.2. The van der Waals surface area contributed by atoms with E-state index in [2.05, 4.69) is 46.7 Å². The van der Waals surface area contributed by atoms with Crippen LogP contribution in [0.5, 0.6) is 0 Å². The van der Waals surface area contributed by atoms with Gasteiger partial charge in [0.1, 0.15) is 11.6 Å². The van der Waals surface area contributed by atoms with Crippen molar-refractivity contribution in [2.75, 3.05) is 27.2 Å². The van der Waals surface area contributed by atoms with Gasteiger partial charge in [-0.25, -0.2) is 0 Å². The van der Waals surface area contributed by atoms with Crippen LogP contribution >= 0.6 is 0 Å². The molecule has 50 heavy (non-hydrogen) atoms. The Morgan fingerprint density at radius 3 is 1.46 bits per heavy atom. The zero-order valence-corrected chi connectivity index (χ0v) is 35.1. The Balaban J connectivity index is 4.64. The Morgan fingerprint density at radius 1 is 0.540 bits per heavy atom. The summed E-state index contributed by atoms with van der Waals surface area (Å²) in [5.41, 5.74) is -0.817. The summed E-state index contributed by atoms with van der Waals surface area (Å²) in [6.07, 6.45) is 32.4. The minimum atomic E-state index is -0.511. The van der Waals surface area contributed by atoms with E-state index in [0.29, 0.717) is 43.4 Å². The highest BCUT2D eigenvalue weighted by Crippen LogP contribution is 2.32. The van der Waals surface area contributed by atoms with E-state index in [1.165, 1.54) is 96.3 Å². The molecule has 0 aliphatic rings. The SMILES string of the molecule is CCCCCCCCCCCCC(=O)C(C)(C)CCCC(CCCC(C)(C)C(=O)OCCCCCCCCCCC)CC(=O)CCCN(C)C. The molecular formula is C45H87NO4. The molecule has 0 N–H and O–H groups in total. The van der Waals surface area contributed by atoms with Crippen molar-refractivity contribution in [3.05, 3.63) is 0 Å². The third-order valence-electron chi connectivity index (χ3n) is 11.0. The van der Waals surface area contributed by atoms with Crippen molar-refractivity contribution in [1.82, 2.24) is 4.90 Å². The lowest BCUT2D eigenvalue weighted by Crippen LogP contribution is -2.27. The second-order valence-electron chi connectivity index (χ2n) is 17.4. The Hall–Kier alpha value is -1.23. The molecule has 0 radical (unpaired) electrons. The fourth-order valence-corrected chi connectivity index (χ4v) is 7.16. The quantitative estimate of drug-likeness (QED) is 0.0475. The van der Waals surface area contributed by atoms with E-state index >= 15 is 0 Å². The Kier molecular flexibility index (Phi) is 30.5. The van der Waals surface area contributed by atoms with Crippen molar-refractivity contribution < 1.29 is 19.1 Å². The van der Waals surface area contributed by atoms with Crippen LogP contribution in [0.2, 0.25) is 0 Å². The maximum atomic E-state index is 13.2. The van der Waals surface area contributed by atoms with Crippen LogP contribution in [0.4, 0.5) is 0 Å². The molecule has 1 unspecified atom stereocenters. The van der Waals surface area contributed by atoms with Gasteiger partial charge in [0, 0.05) is 24.7 Å². The van der Waals surface area contributed by atoms with E-state index in [0.717, 1.165) is 77.2 Å². The maximum Gasteiger partial charge on any atom is 0.311 e. The van der Waals surface area contributed by atoms with Crippen molar-refractivity contribution in [2.24, 2.45) is 16.7 Å². The van der Waals surface area contributed by atoms with Crippen LogP contribution in [0.25, 0.3) is 0 Å². The van der Waals surface area contributed by atoms with E-state index in [9.17, 15) is 14.4 Å². The predicted molar refractivity (Wildman–Crippen MR) is 216 cm³/mol. The lowest BCUT2D eigenvalue weighted by molar-refractivity contribution is -0.154. The number of ketones is 2. The van der Waals surface area contributed by atoms with Crippen molar-refractivity contribution >= 4 is 17.5 Å². The molecule has 0 heterocycles. The van der Waals surface area contributed by atoms with Gasteiger partial charge in [0.05, 0.1) is 12.0 Å². The lowest BCUT2D eigenvalue weighted by atomic mass is 9.78. The lowest BCUT2D eigenvalue weighted by Gasteiger charge is -2.26. The van der Waals surface area contributed by atoms with Gasteiger partial charge < -0.3 is 9.64 Å². The monoisotopic (exact) mass is 706 g/mol. The molecule has 5 nitrogen and oxygen atoms in total. The van der Waals surface area contributed by atoms with Gasteiger partial charge in [0.15, 0.2) is 0 Å². The first-order valence-electron chi connectivity index (χ1n) is 21.7. The first-order chi connectivity index (χ1) is 23.9. The van der Waals surface area contributed by atoms with Gasteiger partial charge in [-0.1, -0.05) is 150 Å². The minimum Gasteiger partial charge on any atom is -0.465 e. The molecule has 0 rings (SSSR count). The molecular weight excluding hydrogens is 618 g/mol. The average molecular weight is 706 g/mol. The van der Waals surface area contributed by atoms with E-state index in [1.807, 2.05) is 13.8 Å². The first kappa shape index (κ1) is 48.8. The summed E-state index contributed by atoms with van der Waals surface area (Å²) < 4.78 is 5.72. The second kappa shape index (κ2) is 31.3. The molecule has 0 bridgehead atoms. The first-order valence-corrected chi connectivity index (χ1v) is 21.7. The molecule has 0 fully saturated rings. The highest BCUT2D eigenvalue weighted by Gasteiger charge is 2.30. The summed E-state index contributed by atoms with van der Waals surface area (Å²) in [6, 6.07) is 0. The topological polar surface area (TPSA) is 63.7 Å². The standard InChI is InChI=1S/C45H87NO4/c1-9-11-13-15-17-19-20-22-24-26-34-42(48)44(3,4)35-28-31-40(39-41(47)33-30-37-46(7)8)32-29-36-45(5,6)43(49)50-38-27-25-23-21-18-16-14-12-10-2/h40H,9-39H2,1-8H3. The van der Waals surface area contributed by atoms with E-state index < -0.39 is 5.41 Å². The molecule has 0 aliphatic heterocycles. The zero-order chi connectivity index (χ0) is 37.5. The predicted octanol–water partition coefficient (Wildman–Crippen LogP) is 13.3. The summed E-state index contributed by atoms with van der Waals surface area (Å²) in [7, 11) is 4.10. The van der Waals surface area contributed by atoms with Crippen molar-refractivity contribution in [2.45, 2.75) is 228 Å². The van der Waals surface area contributed by atoms with Crippen LogP contribution in [0.15, 0.2) is 0 Å². The van der Waals surface area contributed by atoms with Gasteiger partial charge in [0.2, 0.25) is 0 Å². The third kappa shape index (κ3) is 28.4. The van der Waals surface area contributed by atoms with Crippen molar-refractivity contribution in [3.8, 4) is 0 Å². The van der Waals surface area contributed by atoms with Gasteiger partial charge in [0.25, 0.3) is 0 Å². The van der Waals surface area contributed by atoms with Gasteiger partial charge in [-0.15, -0.1) is 0 Å². The van der Waals surface area contributed by atoms with Crippen LogP contribution < -0.4 is 0 Å². The average Bonchev–Trinajstić information content (AvgIpc) is 3.05. The minimum absolute atomic E-state index is 0.0870. The molecule has 296 valence electrons. The van der Waals surface area contributed by atoms with Crippen LogP contribution in [0.1, 0.15) is 228 Å². The Bertz CT molecular complexity index is 779. The van der Waals surface area contributed by atoms with Crippen molar-refractivity contribution in [1.29, 1.82) is 0 Å². The van der Waals surface area contributed by atoms with Gasteiger partial charge in [-0.3, -0.25) is 14.4 Å². The molecule has 0 amide bonds. The smallest absolute Gasteiger partial charge is 0.311 e. The number of hydrogen-bond donors (Lipinski definition) is 0. The highest BCUT2D eigenvalue weighted by atomic mass is 16.5. The number of hydrogen-bond acceptors (Lipinski definition) is 5. The number of ether oxygens (including phenoxy) is 1. The number of Topliss-reactive ketones (excluding diaryl/α,β-unsaturated/α-hetero) is 2. The molecule has 0 aromatic rings. The normalized spacial score (nSPS) is 12.8. The third-order valence-corrected chi connectivity index (χ3v) is 11.0. The number of unbranched alkanes of at least 4 members (excludes halogenated alkanes) is 17. The Labute approximate surface area is 312 Å². The molecule has 5 heteroatoms. The maximum absolute atomic E-state index is 13.2. The molecule has 0 saturated carbocycles. The van der Waals surface area contributed by atoms with Crippen molar-refractivity contribution in [3.63, 3.8) is 0 Å². The second-order valence-corrected chi connectivity index (χ2v) is 17.4. The largest absolute Gasteiger partial charge is 0.465 e. The Morgan fingerprint density at radius 2 is 0.980 bits per heavy atom. The van der Waals surface area contributed by atoms with E-state index in [1.54, 1.807) is 0 Å². The van der Waals surface area contributed by atoms with Crippen LogP contribution in [0.3, 0.4) is 0 Å². The fraction of sp³-hybridized carbons (Fsp3) is 0.933. The summed E-state index contributed by atoms with van der Waals surface area (Å²) >= 11 is 0. The fourth-order valence-electron chi connectivity index (χ4n) is 7.16. The van der Waals surface area contributed by atoms with Crippen LogP contribution in [0, 0.1) is 16.7 Å². The summed E-state index contributed by atoms with van der Waals surface area (Å²) in [5, 5.41) is 0. The number of rotatable bonds is 37. The summed E-state index contributed by atoms with van der Waals surface area (Å²) in [6.45, 7) is 14.2. The van der Waals surface area contributed by atoms with E-state index in [4.69, 9.17) is 4.74 Å². The molecule has 0 spiro atoms. The van der Waals surface area contributed by atoms with Gasteiger partial charge in [-0.2, -0.15) is 0 Å². The zero-order valence-electron chi connectivity index (χ0n) is 35.1. The molecule has 0 saturated heterocycles. The number of carbonyl (C=O) groups excluding carboxylic acids is 3. The van der Waals surface area contributed by atoms with Gasteiger partial charge >= 0.3 is 5.97 Å². The number of esters is 1. The molecule has 0 aromatic heterocycles.